The molecule has 0 amide bonds. The zero-order chi connectivity index (χ0) is 23.8. The maximum absolute atomic E-state index is 15.1. The smallest absolute Gasteiger partial charge is 0.386 e. The maximum Gasteiger partial charge on any atom is 0.490 e. The van der Waals surface area contributed by atoms with Crippen molar-refractivity contribution in [3.05, 3.63) is 16.7 Å². The van der Waals surface area contributed by atoms with Crippen molar-refractivity contribution in [1.29, 1.82) is 0 Å². The molecule has 0 bridgehead atoms. The van der Waals surface area contributed by atoms with Crippen molar-refractivity contribution in [3.8, 4) is 12.3 Å². The molecule has 0 spiro atoms. The van der Waals surface area contributed by atoms with Crippen LogP contribution in [0, 0.1) is 12.3 Å². The van der Waals surface area contributed by atoms with E-state index in [4.69, 9.17) is 31.6 Å². The predicted molar refractivity (Wildman–Crippen MR) is 93.1 cm³/mol. The Bertz CT molecular complexity index is 1090. The number of halogens is 1. The summed E-state index contributed by atoms with van der Waals surface area (Å²) >= 11 is 0. The number of aromatic nitrogens is 3. The van der Waals surface area contributed by atoms with Crippen LogP contribution < -0.4 is 11.4 Å². The molecular formula is C10H14FN4O13P3. The van der Waals surface area contributed by atoms with E-state index in [-0.39, 0.29) is 5.82 Å². The van der Waals surface area contributed by atoms with Crippen LogP contribution in [0.3, 0.4) is 0 Å². The largest absolute Gasteiger partial charge is 0.490 e. The van der Waals surface area contributed by atoms with Gasteiger partial charge in [0.05, 0.1) is 12.8 Å². The monoisotopic (exact) mass is 510 g/mol. The molecule has 1 aliphatic rings. The number of ether oxygens (including phenoxy) is 1. The third kappa shape index (κ3) is 6.24. The second-order valence-corrected chi connectivity index (χ2v) is 10.1. The Morgan fingerprint density at radius 2 is 1.90 bits per heavy atom. The third-order valence-corrected chi connectivity index (χ3v) is 7.24. The summed E-state index contributed by atoms with van der Waals surface area (Å²) in [4.78, 5) is 50.5. The van der Waals surface area contributed by atoms with Crippen molar-refractivity contribution in [2.24, 2.45) is 0 Å². The number of anilines is 1. The first-order valence-electron chi connectivity index (χ1n) is 7.49. The van der Waals surface area contributed by atoms with Crippen LogP contribution in [0.4, 0.5) is 10.2 Å². The number of nitrogen functional groups attached to an aromatic ring is 1. The summed E-state index contributed by atoms with van der Waals surface area (Å²) in [7, 11) is -17.0. The molecule has 1 aromatic heterocycles. The molecule has 0 aliphatic carbocycles. The average Bonchev–Trinajstić information content (AvgIpc) is 2.82. The first-order valence-corrected chi connectivity index (χ1v) is 12.0. The first kappa shape index (κ1) is 25.7. The number of alkyl halides is 1. The fraction of sp³-hybridized carbons (Fsp3) is 0.500. The highest BCUT2D eigenvalue weighted by atomic mass is 31.3. The number of phosphoric ester groups is 1. The highest BCUT2D eigenvalue weighted by Crippen LogP contribution is 2.66. The van der Waals surface area contributed by atoms with E-state index >= 15 is 4.39 Å². The number of aliphatic hydroxyl groups excluding tert-OH is 1. The molecule has 1 fully saturated rings. The lowest BCUT2D eigenvalue weighted by Crippen LogP contribution is -2.45. The van der Waals surface area contributed by atoms with Crippen molar-refractivity contribution in [3.63, 3.8) is 0 Å². The summed E-state index contributed by atoms with van der Waals surface area (Å²) in [5, 5.41) is 13.6. The predicted octanol–water partition coefficient (Wildman–Crippen LogP) is -1.84. The summed E-state index contributed by atoms with van der Waals surface area (Å²) in [5.74, 6) is 1.24. The Kier molecular flexibility index (Phi) is 7.25. The van der Waals surface area contributed by atoms with E-state index < -0.39 is 59.9 Å². The number of terminal acetylenes is 1. The minimum Gasteiger partial charge on any atom is -0.386 e. The SMILES string of the molecule is C#CC1(F)[C@@H](O)[C@@H](COP(=O)(O)OP(=O)(O)OP(=O)(O)O)O[C@H]1n1ncc(N)nc1=O. The van der Waals surface area contributed by atoms with Crippen LogP contribution in [-0.4, -0.2) is 63.9 Å². The average molecular weight is 510 g/mol. The molecule has 6 atom stereocenters. The normalized spacial score (nSPS) is 30.3. The van der Waals surface area contributed by atoms with Gasteiger partial charge in [0.25, 0.3) is 0 Å². The van der Waals surface area contributed by atoms with Gasteiger partial charge >= 0.3 is 29.2 Å². The molecule has 2 heterocycles. The van der Waals surface area contributed by atoms with E-state index in [0.29, 0.717) is 4.68 Å². The maximum atomic E-state index is 15.1. The summed E-state index contributed by atoms with van der Waals surface area (Å²) < 4.78 is 65.3. The van der Waals surface area contributed by atoms with Gasteiger partial charge in [0.15, 0.2) is 0 Å². The zero-order valence-corrected chi connectivity index (χ0v) is 17.4. The number of nitrogens with zero attached hydrogens (tertiary/aromatic N) is 3. The standard InChI is InChI=1S/C10H14FN4O13P3/c1-2-10(11)7(16)5(26-8(10)15-9(17)14-6(12)3-13-15)4-25-30(21,22)28-31(23,24)27-29(18,19)20/h1,3,5,7-8,16H,4H2,(H,21,22)(H,23,24)(H2,12,14,17)(H2,18,19,20)/t5-,7+,8-,10?/m1/s1. The molecule has 7 N–H and O–H groups in total. The molecule has 31 heavy (non-hydrogen) atoms. The van der Waals surface area contributed by atoms with Gasteiger partial charge < -0.3 is 35.2 Å². The van der Waals surface area contributed by atoms with Crippen molar-refractivity contribution in [2.45, 2.75) is 24.1 Å². The number of aliphatic hydroxyl groups is 1. The number of phosphoric acid groups is 3. The Morgan fingerprint density at radius 3 is 2.42 bits per heavy atom. The molecule has 17 nitrogen and oxygen atoms in total. The van der Waals surface area contributed by atoms with E-state index in [2.05, 4.69) is 23.2 Å². The second kappa shape index (κ2) is 8.75. The van der Waals surface area contributed by atoms with Crippen LogP contribution >= 0.6 is 23.5 Å². The van der Waals surface area contributed by atoms with Gasteiger partial charge in [0.2, 0.25) is 11.9 Å². The number of hydrogen-bond acceptors (Lipinski definition) is 12. The van der Waals surface area contributed by atoms with E-state index in [0.717, 1.165) is 6.20 Å². The molecule has 0 aromatic carbocycles. The van der Waals surface area contributed by atoms with Gasteiger partial charge in [0, 0.05) is 0 Å². The quantitative estimate of drug-likeness (QED) is 0.166. The molecule has 21 heteroatoms. The van der Waals surface area contributed by atoms with Gasteiger partial charge in [-0.2, -0.15) is 23.4 Å². The molecule has 1 aliphatic heterocycles. The van der Waals surface area contributed by atoms with Gasteiger partial charge in [-0.25, -0.2) is 22.9 Å². The van der Waals surface area contributed by atoms with Gasteiger partial charge in [-0.3, -0.25) is 4.52 Å². The lowest BCUT2D eigenvalue weighted by atomic mass is 9.97. The Hall–Kier alpha value is -1.57. The molecular weight excluding hydrogens is 496 g/mol. The van der Waals surface area contributed by atoms with E-state index in [1.807, 2.05) is 0 Å². The molecule has 0 saturated carbocycles. The van der Waals surface area contributed by atoms with Crippen molar-refractivity contribution in [1.82, 2.24) is 14.8 Å². The molecule has 1 saturated heterocycles. The number of nitrogens with two attached hydrogens (primary N) is 1. The summed E-state index contributed by atoms with van der Waals surface area (Å²) in [6.07, 6.45) is -0.349. The number of hydrogen-bond donors (Lipinski definition) is 6. The Balaban J connectivity index is 2.18. The van der Waals surface area contributed by atoms with Crippen LogP contribution in [0.15, 0.2) is 11.0 Å². The minimum absolute atomic E-state index is 0.296. The Morgan fingerprint density at radius 1 is 1.29 bits per heavy atom. The van der Waals surface area contributed by atoms with E-state index in [1.54, 1.807) is 5.92 Å². The topological polar surface area (TPSA) is 263 Å². The van der Waals surface area contributed by atoms with Crippen LogP contribution in [0.1, 0.15) is 6.23 Å². The van der Waals surface area contributed by atoms with Crippen molar-refractivity contribution in [2.75, 3.05) is 12.3 Å². The fourth-order valence-corrected chi connectivity index (χ4v) is 5.30. The lowest BCUT2D eigenvalue weighted by Gasteiger charge is -2.22. The third-order valence-electron chi connectivity index (χ3n) is 3.44. The zero-order valence-electron chi connectivity index (χ0n) is 14.7. The molecule has 2 rings (SSSR count). The molecule has 1 aromatic rings. The van der Waals surface area contributed by atoms with Crippen LogP contribution in [0.5, 0.6) is 0 Å². The van der Waals surface area contributed by atoms with Crippen LogP contribution in [0.25, 0.3) is 0 Å². The lowest BCUT2D eigenvalue weighted by molar-refractivity contribution is -0.0601. The summed E-state index contributed by atoms with van der Waals surface area (Å²) in [5.41, 5.74) is 0.913. The molecule has 174 valence electrons. The van der Waals surface area contributed by atoms with Crippen LogP contribution in [0.2, 0.25) is 0 Å². The number of rotatable bonds is 8. The van der Waals surface area contributed by atoms with Crippen LogP contribution in [-0.2, 0) is 31.6 Å². The van der Waals surface area contributed by atoms with Gasteiger partial charge in [-0.15, -0.1) is 6.42 Å². The van der Waals surface area contributed by atoms with Gasteiger partial charge in [-0.1, -0.05) is 5.92 Å². The summed E-state index contributed by atoms with van der Waals surface area (Å²) in [6, 6.07) is 0. The fourth-order valence-electron chi connectivity index (χ4n) is 2.27. The van der Waals surface area contributed by atoms with E-state index in [9.17, 15) is 28.5 Å². The molecule has 3 unspecified atom stereocenters. The van der Waals surface area contributed by atoms with Gasteiger partial charge in [0.1, 0.15) is 18.0 Å². The van der Waals surface area contributed by atoms with E-state index in [1.165, 1.54) is 0 Å². The van der Waals surface area contributed by atoms with Crippen molar-refractivity contribution >= 4 is 29.3 Å². The highest BCUT2D eigenvalue weighted by Gasteiger charge is 2.59. The summed E-state index contributed by atoms with van der Waals surface area (Å²) in [6.45, 7) is -1.23. The van der Waals surface area contributed by atoms with Gasteiger partial charge in [-0.05, 0) is 0 Å². The minimum atomic E-state index is -5.80. The second-order valence-electron chi connectivity index (χ2n) is 5.68. The van der Waals surface area contributed by atoms with Crippen molar-refractivity contribution < 1.29 is 60.6 Å². The highest BCUT2D eigenvalue weighted by molar-refractivity contribution is 7.66. The first-order chi connectivity index (χ1) is 14.0. The Labute approximate surface area is 171 Å². The molecule has 0 radical (unpaired) electrons.